The predicted molar refractivity (Wildman–Crippen MR) is 80.7 cm³/mol. The zero-order chi connectivity index (χ0) is 13.5. The largest absolute Gasteiger partial charge is 0.491 e. The van der Waals surface area contributed by atoms with Gasteiger partial charge in [-0.05, 0) is 31.0 Å². The number of hydrogen-bond donors (Lipinski definition) is 1. The molecule has 2 rings (SSSR count). The lowest BCUT2D eigenvalue weighted by atomic mass is 10.1. The van der Waals surface area contributed by atoms with Crippen LogP contribution in [0.1, 0.15) is 24.5 Å². The van der Waals surface area contributed by atoms with Crippen molar-refractivity contribution in [1.82, 2.24) is 0 Å². The summed E-state index contributed by atoms with van der Waals surface area (Å²) in [6.07, 6.45) is 1.02. The van der Waals surface area contributed by atoms with Gasteiger partial charge in [-0.25, -0.2) is 0 Å². The molecule has 0 heterocycles. The van der Waals surface area contributed by atoms with Crippen LogP contribution in [0, 0.1) is 6.92 Å². The van der Waals surface area contributed by atoms with Crippen LogP contribution in [0.5, 0.6) is 5.75 Å². The molecule has 0 spiro atoms. The van der Waals surface area contributed by atoms with Crippen molar-refractivity contribution >= 4 is 5.69 Å². The number of benzene rings is 2. The first-order valence-corrected chi connectivity index (χ1v) is 6.81. The van der Waals surface area contributed by atoms with Crippen LogP contribution in [-0.4, -0.2) is 6.61 Å². The number of nitrogens with one attached hydrogen (secondary N) is 1. The van der Waals surface area contributed by atoms with Crippen LogP contribution in [0.15, 0.2) is 48.5 Å². The number of para-hydroxylation sites is 2. The SMILES string of the molecule is CCCOc1ccccc1NCc1ccc(C)cc1. The highest BCUT2D eigenvalue weighted by Crippen LogP contribution is 2.24. The fraction of sp³-hybridized carbons (Fsp3) is 0.294. The smallest absolute Gasteiger partial charge is 0.142 e. The molecule has 0 aliphatic rings. The first-order chi connectivity index (χ1) is 9.29. The van der Waals surface area contributed by atoms with E-state index in [0.29, 0.717) is 0 Å². The highest BCUT2D eigenvalue weighted by atomic mass is 16.5. The molecule has 0 saturated heterocycles. The number of rotatable bonds is 6. The Balaban J connectivity index is 2.00. The van der Waals surface area contributed by atoms with Gasteiger partial charge in [-0.2, -0.15) is 0 Å². The maximum Gasteiger partial charge on any atom is 0.142 e. The predicted octanol–water partition coefficient (Wildman–Crippen LogP) is 4.40. The van der Waals surface area contributed by atoms with E-state index in [0.717, 1.165) is 31.0 Å². The van der Waals surface area contributed by atoms with Crippen LogP contribution >= 0.6 is 0 Å². The molecule has 2 aromatic carbocycles. The zero-order valence-corrected chi connectivity index (χ0v) is 11.6. The summed E-state index contributed by atoms with van der Waals surface area (Å²) in [6.45, 7) is 5.78. The number of hydrogen-bond acceptors (Lipinski definition) is 2. The van der Waals surface area contributed by atoms with E-state index in [-0.39, 0.29) is 0 Å². The Morgan fingerprint density at radius 1 is 1.00 bits per heavy atom. The lowest BCUT2D eigenvalue weighted by Crippen LogP contribution is -2.03. The Morgan fingerprint density at radius 3 is 2.47 bits per heavy atom. The summed E-state index contributed by atoms with van der Waals surface area (Å²) < 4.78 is 5.73. The van der Waals surface area contributed by atoms with Crippen molar-refractivity contribution in [3.05, 3.63) is 59.7 Å². The molecule has 0 bridgehead atoms. The third kappa shape index (κ3) is 4.02. The Kier molecular flexibility index (Phi) is 4.85. The molecule has 100 valence electrons. The first kappa shape index (κ1) is 13.5. The summed E-state index contributed by atoms with van der Waals surface area (Å²) in [7, 11) is 0. The molecule has 0 aliphatic carbocycles. The molecule has 1 N–H and O–H groups in total. The second-order valence-electron chi connectivity index (χ2n) is 4.68. The summed E-state index contributed by atoms with van der Waals surface area (Å²) in [5.41, 5.74) is 3.61. The molecule has 2 nitrogen and oxygen atoms in total. The van der Waals surface area contributed by atoms with Crippen LogP contribution in [0.25, 0.3) is 0 Å². The van der Waals surface area contributed by atoms with Crippen molar-refractivity contribution in [2.45, 2.75) is 26.8 Å². The van der Waals surface area contributed by atoms with Crippen molar-refractivity contribution < 1.29 is 4.74 Å². The van der Waals surface area contributed by atoms with Gasteiger partial charge in [0, 0.05) is 6.54 Å². The Morgan fingerprint density at radius 2 is 1.74 bits per heavy atom. The molecular formula is C17H21NO. The number of anilines is 1. The fourth-order valence-electron chi connectivity index (χ4n) is 1.85. The van der Waals surface area contributed by atoms with E-state index in [1.54, 1.807) is 0 Å². The Labute approximate surface area is 115 Å². The molecule has 2 aromatic rings. The van der Waals surface area contributed by atoms with Crippen molar-refractivity contribution in [3.8, 4) is 5.75 Å². The van der Waals surface area contributed by atoms with E-state index in [1.807, 2.05) is 18.2 Å². The molecule has 2 heteroatoms. The van der Waals surface area contributed by atoms with Crippen molar-refractivity contribution in [2.75, 3.05) is 11.9 Å². The normalized spacial score (nSPS) is 10.2. The second-order valence-corrected chi connectivity index (χ2v) is 4.68. The van der Waals surface area contributed by atoms with Gasteiger partial charge in [0.2, 0.25) is 0 Å². The van der Waals surface area contributed by atoms with Gasteiger partial charge in [0.15, 0.2) is 0 Å². The van der Waals surface area contributed by atoms with E-state index in [1.165, 1.54) is 11.1 Å². The summed E-state index contributed by atoms with van der Waals surface area (Å²) in [4.78, 5) is 0. The molecule has 0 atom stereocenters. The second kappa shape index (κ2) is 6.83. The van der Waals surface area contributed by atoms with Crippen LogP contribution in [0.4, 0.5) is 5.69 Å². The fourth-order valence-corrected chi connectivity index (χ4v) is 1.85. The van der Waals surface area contributed by atoms with Gasteiger partial charge < -0.3 is 10.1 Å². The van der Waals surface area contributed by atoms with Gasteiger partial charge in [-0.1, -0.05) is 48.9 Å². The van der Waals surface area contributed by atoms with Gasteiger partial charge in [-0.3, -0.25) is 0 Å². The zero-order valence-electron chi connectivity index (χ0n) is 11.6. The lowest BCUT2D eigenvalue weighted by molar-refractivity contribution is 0.319. The quantitative estimate of drug-likeness (QED) is 0.826. The van der Waals surface area contributed by atoms with Gasteiger partial charge >= 0.3 is 0 Å². The topological polar surface area (TPSA) is 21.3 Å². The number of aryl methyl sites for hydroxylation is 1. The molecule has 19 heavy (non-hydrogen) atoms. The van der Waals surface area contributed by atoms with Gasteiger partial charge in [0.05, 0.1) is 12.3 Å². The minimum absolute atomic E-state index is 0.753. The average molecular weight is 255 g/mol. The van der Waals surface area contributed by atoms with Gasteiger partial charge in [-0.15, -0.1) is 0 Å². The Hall–Kier alpha value is -1.96. The molecule has 0 unspecified atom stereocenters. The minimum atomic E-state index is 0.753. The van der Waals surface area contributed by atoms with Crippen molar-refractivity contribution in [3.63, 3.8) is 0 Å². The molecule has 0 fully saturated rings. The standard InChI is InChI=1S/C17H21NO/c1-3-12-19-17-7-5-4-6-16(17)18-13-15-10-8-14(2)9-11-15/h4-11,18H,3,12-13H2,1-2H3. The van der Waals surface area contributed by atoms with Crippen LogP contribution in [0.3, 0.4) is 0 Å². The summed E-state index contributed by atoms with van der Waals surface area (Å²) in [5, 5.41) is 3.43. The van der Waals surface area contributed by atoms with E-state index >= 15 is 0 Å². The molecule has 0 aromatic heterocycles. The highest BCUT2D eigenvalue weighted by molar-refractivity contribution is 5.56. The summed E-state index contributed by atoms with van der Waals surface area (Å²) in [6, 6.07) is 16.7. The molecule has 0 amide bonds. The van der Waals surface area contributed by atoms with E-state index in [9.17, 15) is 0 Å². The average Bonchev–Trinajstić information content (AvgIpc) is 2.45. The van der Waals surface area contributed by atoms with E-state index in [4.69, 9.17) is 4.74 Å². The summed E-state index contributed by atoms with van der Waals surface area (Å²) in [5.74, 6) is 0.927. The Bertz CT molecular complexity index is 505. The minimum Gasteiger partial charge on any atom is -0.491 e. The molecule has 0 radical (unpaired) electrons. The maximum absolute atomic E-state index is 5.73. The van der Waals surface area contributed by atoms with E-state index in [2.05, 4.69) is 49.5 Å². The molecule has 0 aliphatic heterocycles. The highest BCUT2D eigenvalue weighted by Gasteiger charge is 2.02. The van der Waals surface area contributed by atoms with Gasteiger partial charge in [0.25, 0.3) is 0 Å². The third-order valence-electron chi connectivity index (χ3n) is 2.95. The van der Waals surface area contributed by atoms with Crippen LogP contribution in [-0.2, 0) is 6.54 Å². The third-order valence-corrected chi connectivity index (χ3v) is 2.95. The molecular weight excluding hydrogens is 234 g/mol. The van der Waals surface area contributed by atoms with Crippen molar-refractivity contribution in [2.24, 2.45) is 0 Å². The molecule has 0 saturated carbocycles. The van der Waals surface area contributed by atoms with Crippen LogP contribution in [0.2, 0.25) is 0 Å². The van der Waals surface area contributed by atoms with E-state index < -0.39 is 0 Å². The first-order valence-electron chi connectivity index (χ1n) is 6.81. The number of ether oxygens (including phenoxy) is 1. The maximum atomic E-state index is 5.73. The lowest BCUT2D eigenvalue weighted by Gasteiger charge is -2.12. The summed E-state index contributed by atoms with van der Waals surface area (Å²) >= 11 is 0. The van der Waals surface area contributed by atoms with Gasteiger partial charge in [0.1, 0.15) is 5.75 Å². The monoisotopic (exact) mass is 255 g/mol. The van der Waals surface area contributed by atoms with Crippen LogP contribution < -0.4 is 10.1 Å². The van der Waals surface area contributed by atoms with Crippen molar-refractivity contribution in [1.29, 1.82) is 0 Å².